The number of hydrogen-bond acceptors (Lipinski definition) is 3. The first kappa shape index (κ1) is 10.6. The first-order valence-corrected chi connectivity index (χ1v) is 4.96. The van der Waals surface area contributed by atoms with Crippen molar-refractivity contribution in [1.82, 2.24) is 15.0 Å². The molecule has 2 rings (SSSR count). The summed E-state index contributed by atoms with van der Waals surface area (Å²) in [7, 11) is 0. The fraction of sp³-hybridized carbons (Fsp3) is 0.100. The highest BCUT2D eigenvalue weighted by Gasteiger charge is 2.14. The molecule has 16 heavy (non-hydrogen) atoms. The van der Waals surface area contributed by atoms with Gasteiger partial charge in [0.15, 0.2) is 5.69 Å². The van der Waals surface area contributed by atoms with E-state index in [1.807, 2.05) is 6.07 Å². The van der Waals surface area contributed by atoms with Crippen molar-refractivity contribution in [2.24, 2.45) is 5.73 Å². The molecule has 1 amide bonds. The second-order valence-corrected chi connectivity index (χ2v) is 3.65. The van der Waals surface area contributed by atoms with Gasteiger partial charge in [-0.05, 0) is 19.1 Å². The van der Waals surface area contributed by atoms with E-state index < -0.39 is 5.91 Å². The molecule has 0 radical (unpaired) electrons. The van der Waals surface area contributed by atoms with Crippen molar-refractivity contribution >= 4 is 17.5 Å². The number of amides is 1. The van der Waals surface area contributed by atoms with Crippen LogP contribution in [0.15, 0.2) is 24.3 Å². The standard InChI is InChI=1S/C10H9ClN4O/c1-6-9(10(12)16)14-15(13-6)8-5-3-2-4-7(8)11/h2-5H,1H3,(H2,12,16). The summed E-state index contributed by atoms with van der Waals surface area (Å²) in [6.45, 7) is 1.67. The number of hydrogen-bond donors (Lipinski definition) is 1. The quantitative estimate of drug-likeness (QED) is 0.855. The van der Waals surface area contributed by atoms with Crippen LogP contribution in [-0.4, -0.2) is 20.9 Å². The molecule has 0 unspecified atom stereocenters. The van der Waals surface area contributed by atoms with E-state index in [0.29, 0.717) is 16.4 Å². The van der Waals surface area contributed by atoms with Crippen LogP contribution in [0.4, 0.5) is 0 Å². The smallest absolute Gasteiger partial charge is 0.271 e. The third-order valence-electron chi connectivity index (χ3n) is 2.08. The molecule has 2 aromatic rings. The zero-order valence-corrected chi connectivity index (χ0v) is 9.27. The molecule has 0 aliphatic heterocycles. The Balaban J connectivity index is 2.54. The number of halogens is 1. The van der Waals surface area contributed by atoms with Crippen LogP contribution >= 0.6 is 11.6 Å². The maximum absolute atomic E-state index is 11.0. The Kier molecular flexibility index (Phi) is 2.62. The minimum atomic E-state index is -0.601. The van der Waals surface area contributed by atoms with Crippen LogP contribution in [0.1, 0.15) is 16.2 Å². The Morgan fingerprint density at radius 1 is 1.38 bits per heavy atom. The molecule has 2 N–H and O–H groups in total. The van der Waals surface area contributed by atoms with Crippen molar-refractivity contribution in [3.63, 3.8) is 0 Å². The van der Waals surface area contributed by atoms with Crippen LogP contribution < -0.4 is 5.73 Å². The molecule has 0 spiro atoms. The Morgan fingerprint density at radius 2 is 2.06 bits per heavy atom. The summed E-state index contributed by atoms with van der Waals surface area (Å²) in [6, 6.07) is 7.09. The second kappa shape index (κ2) is 3.94. The molecule has 82 valence electrons. The number of benzene rings is 1. The normalized spacial score (nSPS) is 10.4. The molecule has 1 aromatic heterocycles. The van der Waals surface area contributed by atoms with Gasteiger partial charge >= 0.3 is 0 Å². The van der Waals surface area contributed by atoms with Gasteiger partial charge in [0.25, 0.3) is 5.91 Å². The van der Waals surface area contributed by atoms with Crippen LogP contribution in [0.2, 0.25) is 5.02 Å². The first-order valence-electron chi connectivity index (χ1n) is 4.58. The van der Waals surface area contributed by atoms with Crippen LogP contribution in [0.3, 0.4) is 0 Å². The lowest BCUT2D eigenvalue weighted by Gasteiger charge is -2.00. The van der Waals surface area contributed by atoms with Gasteiger partial charge in [-0.1, -0.05) is 23.7 Å². The summed E-state index contributed by atoms with van der Waals surface area (Å²) in [6.07, 6.45) is 0. The number of para-hydroxylation sites is 1. The Labute approximate surface area is 96.8 Å². The van der Waals surface area contributed by atoms with Gasteiger partial charge in [0, 0.05) is 0 Å². The van der Waals surface area contributed by atoms with Crippen LogP contribution in [0, 0.1) is 6.92 Å². The van der Waals surface area contributed by atoms with E-state index in [9.17, 15) is 4.79 Å². The van der Waals surface area contributed by atoms with E-state index in [0.717, 1.165) is 0 Å². The van der Waals surface area contributed by atoms with Gasteiger partial charge in [0.2, 0.25) is 0 Å². The SMILES string of the molecule is Cc1nn(-c2ccccc2Cl)nc1C(N)=O. The molecule has 1 heterocycles. The highest BCUT2D eigenvalue weighted by atomic mass is 35.5. The number of nitrogens with two attached hydrogens (primary N) is 1. The van der Waals surface area contributed by atoms with Crippen molar-refractivity contribution < 1.29 is 4.79 Å². The van der Waals surface area contributed by atoms with Crippen LogP contribution in [-0.2, 0) is 0 Å². The van der Waals surface area contributed by atoms with Crippen molar-refractivity contribution in [2.75, 3.05) is 0 Å². The number of aromatic nitrogens is 3. The summed E-state index contributed by atoms with van der Waals surface area (Å²) in [5.41, 5.74) is 6.40. The number of rotatable bonds is 2. The van der Waals surface area contributed by atoms with Gasteiger partial charge in [-0.2, -0.15) is 5.10 Å². The minimum Gasteiger partial charge on any atom is -0.364 e. The van der Waals surface area contributed by atoms with Gasteiger partial charge in [-0.15, -0.1) is 9.90 Å². The highest BCUT2D eigenvalue weighted by molar-refractivity contribution is 6.32. The average Bonchev–Trinajstić information content (AvgIpc) is 2.61. The highest BCUT2D eigenvalue weighted by Crippen LogP contribution is 2.18. The Bertz CT molecular complexity index is 550. The Morgan fingerprint density at radius 3 is 2.62 bits per heavy atom. The van der Waals surface area contributed by atoms with Gasteiger partial charge in [-0.25, -0.2) is 0 Å². The molecule has 0 saturated carbocycles. The van der Waals surface area contributed by atoms with Gasteiger partial charge in [-0.3, -0.25) is 4.79 Å². The summed E-state index contributed by atoms with van der Waals surface area (Å²) < 4.78 is 0. The lowest BCUT2D eigenvalue weighted by molar-refractivity contribution is 0.0994. The average molecular weight is 237 g/mol. The largest absolute Gasteiger partial charge is 0.364 e. The molecule has 6 heteroatoms. The summed E-state index contributed by atoms with van der Waals surface area (Å²) >= 11 is 5.98. The zero-order valence-electron chi connectivity index (χ0n) is 8.51. The van der Waals surface area contributed by atoms with E-state index in [1.54, 1.807) is 25.1 Å². The number of carbonyl (C=O) groups is 1. The number of nitrogens with zero attached hydrogens (tertiary/aromatic N) is 3. The molecule has 0 atom stereocenters. The predicted octanol–water partition coefficient (Wildman–Crippen LogP) is 1.33. The zero-order chi connectivity index (χ0) is 11.7. The predicted molar refractivity (Wildman–Crippen MR) is 59.6 cm³/mol. The van der Waals surface area contributed by atoms with Gasteiger partial charge < -0.3 is 5.73 Å². The lowest BCUT2D eigenvalue weighted by Crippen LogP contribution is -2.13. The summed E-state index contributed by atoms with van der Waals surface area (Å²) in [4.78, 5) is 12.3. The van der Waals surface area contributed by atoms with Gasteiger partial charge in [0.05, 0.1) is 10.7 Å². The fourth-order valence-corrected chi connectivity index (χ4v) is 1.54. The van der Waals surface area contributed by atoms with Crippen molar-refractivity contribution in [2.45, 2.75) is 6.92 Å². The molecule has 0 fully saturated rings. The monoisotopic (exact) mass is 236 g/mol. The molecule has 0 aliphatic rings. The minimum absolute atomic E-state index is 0.153. The van der Waals surface area contributed by atoms with Crippen molar-refractivity contribution in [3.05, 3.63) is 40.7 Å². The van der Waals surface area contributed by atoms with Crippen LogP contribution in [0.5, 0.6) is 0 Å². The maximum Gasteiger partial charge on any atom is 0.271 e. The summed E-state index contributed by atoms with van der Waals surface area (Å²) in [5.74, 6) is -0.601. The molecule has 0 aliphatic carbocycles. The lowest BCUT2D eigenvalue weighted by atomic mass is 10.3. The van der Waals surface area contributed by atoms with Crippen LogP contribution in [0.25, 0.3) is 5.69 Å². The van der Waals surface area contributed by atoms with E-state index >= 15 is 0 Å². The number of carbonyl (C=O) groups excluding carboxylic acids is 1. The molecular formula is C10H9ClN4O. The number of aryl methyl sites for hydroxylation is 1. The molecule has 0 bridgehead atoms. The van der Waals surface area contributed by atoms with E-state index in [2.05, 4.69) is 10.2 Å². The van der Waals surface area contributed by atoms with Crippen molar-refractivity contribution in [3.8, 4) is 5.69 Å². The topological polar surface area (TPSA) is 73.8 Å². The third kappa shape index (κ3) is 1.77. The van der Waals surface area contributed by atoms with Crippen molar-refractivity contribution in [1.29, 1.82) is 0 Å². The number of primary amides is 1. The molecule has 0 saturated heterocycles. The third-order valence-corrected chi connectivity index (χ3v) is 2.40. The molecule has 5 nitrogen and oxygen atoms in total. The van der Waals surface area contributed by atoms with E-state index in [1.165, 1.54) is 4.80 Å². The van der Waals surface area contributed by atoms with E-state index in [-0.39, 0.29) is 5.69 Å². The Hall–Kier alpha value is -1.88. The van der Waals surface area contributed by atoms with E-state index in [4.69, 9.17) is 17.3 Å². The molecule has 1 aromatic carbocycles. The second-order valence-electron chi connectivity index (χ2n) is 3.24. The summed E-state index contributed by atoms with van der Waals surface area (Å²) in [5, 5.41) is 8.58. The fourth-order valence-electron chi connectivity index (χ4n) is 1.33. The molecular weight excluding hydrogens is 228 g/mol. The first-order chi connectivity index (χ1) is 7.59. The maximum atomic E-state index is 11.0. The van der Waals surface area contributed by atoms with Gasteiger partial charge in [0.1, 0.15) is 5.69 Å².